The lowest BCUT2D eigenvalue weighted by molar-refractivity contribution is -0.363. The Bertz CT molecular complexity index is 365. The molecule has 1 rings (SSSR count). The summed E-state index contributed by atoms with van der Waals surface area (Å²) in [5.74, 6) is -29.1. The first kappa shape index (κ1) is 14.1. The summed E-state index contributed by atoms with van der Waals surface area (Å²) in [5.41, 5.74) is -2.97. The van der Waals surface area contributed by atoms with Gasteiger partial charge in [0.25, 0.3) is 0 Å². The Morgan fingerprint density at radius 3 is 1.41 bits per heavy atom. The van der Waals surface area contributed by atoms with Crippen molar-refractivity contribution >= 4 is 0 Å². The Balaban J connectivity index is 3.67. The molecule has 0 saturated carbocycles. The van der Waals surface area contributed by atoms with Gasteiger partial charge in [0.1, 0.15) is 6.67 Å². The highest BCUT2D eigenvalue weighted by atomic mass is 19.4. The molecule has 17 heavy (non-hydrogen) atoms. The molecule has 0 heterocycles. The van der Waals surface area contributed by atoms with Crippen molar-refractivity contribution in [2.24, 2.45) is 0 Å². The van der Waals surface area contributed by atoms with Crippen LogP contribution in [-0.2, 0) is 0 Å². The highest BCUT2D eigenvalue weighted by molar-refractivity contribution is 5.35. The third-order valence-corrected chi connectivity index (χ3v) is 2.24. The predicted molar refractivity (Wildman–Crippen MR) is 33.9 cm³/mol. The lowest BCUT2D eigenvalue weighted by Crippen LogP contribution is -2.66. The summed E-state index contributed by atoms with van der Waals surface area (Å²) in [6, 6.07) is 0. The lowest BCUT2D eigenvalue weighted by atomic mass is 9.85. The van der Waals surface area contributed by atoms with Crippen molar-refractivity contribution in [3.63, 3.8) is 0 Å². The SMILES string of the molecule is FCC1=C(F)C(F)(F)C(F)(F)C(F)(F)C1(F)F. The van der Waals surface area contributed by atoms with E-state index in [4.69, 9.17) is 0 Å². The molecule has 0 saturated heterocycles. The van der Waals surface area contributed by atoms with E-state index in [2.05, 4.69) is 0 Å². The lowest BCUT2D eigenvalue weighted by Gasteiger charge is -2.41. The Hall–Kier alpha value is -0.960. The molecule has 0 atom stereocenters. The first-order valence-electron chi connectivity index (χ1n) is 3.82. The molecule has 0 amide bonds. The fourth-order valence-corrected chi connectivity index (χ4v) is 1.19. The fourth-order valence-electron chi connectivity index (χ4n) is 1.19. The van der Waals surface area contributed by atoms with Gasteiger partial charge in [0.2, 0.25) is 0 Å². The second-order valence-electron chi connectivity index (χ2n) is 3.22. The minimum atomic E-state index is -6.66. The topological polar surface area (TPSA) is 0 Å². The summed E-state index contributed by atoms with van der Waals surface area (Å²) in [4.78, 5) is 0. The molecule has 0 unspecified atom stereocenters. The molecule has 1 aliphatic carbocycles. The molecule has 0 nitrogen and oxygen atoms in total. The van der Waals surface area contributed by atoms with Crippen molar-refractivity contribution in [1.29, 1.82) is 0 Å². The number of hydrogen-bond donors (Lipinski definition) is 0. The van der Waals surface area contributed by atoms with Gasteiger partial charge in [-0.3, -0.25) is 0 Å². The van der Waals surface area contributed by atoms with Crippen LogP contribution in [0.1, 0.15) is 0 Å². The van der Waals surface area contributed by atoms with E-state index in [-0.39, 0.29) is 0 Å². The Morgan fingerprint density at radius 1 is 0.706 bits per heavy atom. The quantitative estimate of drug-likeness (QED) is 0.640. The third kappa shape index (κ3) is 1.32. The van der Waals surface area contributed by atoms with Gasteiger partial charge in [-0.25, -0.2) is 8.78 Å². The van der Waals surface area contributed by atoms with E-state index in [0.29, 0.717) is 0 Å². The Morgan fingerprint density at radius 2 is 1.06 bits per heavy atom. The summed E-state index contributed by atoms with van der Waals surface area (Å²) < 4.78 is 125. The van der Waals surface area contributed by atoms with Gasteiger partial charge in [0, 0.05) is 0 Å². The normalized spacial score (nSPS) is 29.3. The minimum Gasteiger partial charge on any atom is -0.246 e. The molecule has 100 valence electrons. The number of hydrogen-bond acceptors (Lipinski definition) is 0. The van der Waals surface area contributed by atoms with Gasteiger partial charge in [-0.1, -0.05) is 0 Å². The Kier molecular flexibility index (Phi) is 2.73. The van der Waals surface area contributed by atoms with E-state index in [1.807, 2.05) is 0 Å². The molecule has 0 aromatic heterocycles. The zero-order chi connectivity index (χ0) is 13.9. The number of rotatable bonds is 1. The van der Waals surface area contributed by atoms with Gasteiger partial charge >= 0.3 is 23.7 Å². The molecule has 0 N–H and O–H groups in total. The molecular weight excluding hydrogens is 274 g/mol. The van der Waals surface area contributed by atoms with E-state index in [0.717, 1.165) is 0 Å². The molecule has 0 radical (unpaired) electrons. The summed E-state index contributed by atoms with van der Waals surface area (Å²) in [6.45, 7) is -2.74. The van der Waals surface area contributed by atoms with Crippen LogP contribution in [0.2, 0.25) is 0 Å². The van der Waals surface area contributed by atoms with Crippen molar-refractivity contribution in [1.82, 2.24) is 0 Å². The van der Waals surface area contributed by atoms with Crippen molar-refractivity contribution in [2.45, 2.75) is 23.7 Å². The molecule has 10 heteroatoms. The number of allylic oxidation sites excluding steroid dienone is 2. The standard InChI is InChI=1S/C7H2F10/c8-1-2-3(9)5(12,13)7(16,17)6(14,15)4(2,10)11/h1H2. The number of alkyl halides is 9. The highest BCUT2D eigenvalue weighted by Crippen LogP contribution is 2.61. The van der Waals surface area contributed by atoms with Gasteiger partial charge in [-0.2, -0.15) is 35.1 Å². The van der Waals surface area contributed by atoms with E-state index in [1.54, 1.807) is 0 Å². The molecule has 0 spiro atoms. The Labute approximate surface area is 86.9 Å². The van der Waals surface area contributed by atoms with E-state index < -0.39 is 41.8 Å². The van der Waals surface area contributed by atoms with Crippen molar-refractivity contribution in [3.05, 3.63) is 11.4 Å². The molecule has 0 aliphatic heterocycles. The maximum Gasteiger partial charge on any atom is 0.385 e. The molecular formula is C7H2F10. The van der Waals surface area contributed by atoms with Crippen LogP contribution in [0.3, 0.4) is 0 Å². The predicted octanol–water partition coefficient (Wildman–Crippen LogP) is 3.73. The molecule has 0 aromatic carbocycles. The van der Waals surface area contributed by atoms with Crippen LogP contribution in [0.15, 0.2) is 11.4 Å². The van der Waals surface area contributed by atoms with Gasteiger partial charge < -0.3 is 0 Å². The van der Waals surface area contributed by atoms with Gasteiger partial charge in [-0.05, 0) is 0 Å². The average molecular weight is 276 g/mol. The van der Waals surface area contributed by atoms with E-state index in [9.17, 15) is 43.9 Å². The van der Waals surface area contributed by atoms with Crippen LogP contribution in [-0.4, -0.2) is 30.4 Å². The first-order chi connectivity index (χ1) is 7.35. The molecule has 0 aromatic rings. The largest absolute Gasteiger partial charge is 0.385 e. The van der Waals surface area contributed by atoms with Crippen molar-refractivity contribution in [3.8, 4) is 0 Å². The minimum absolute atomic E-state index is 2.74. The second-order valence-corrected chi connectivity index (χ2v) is 3.22. The van der Waals surface area contributed by atoms with Gasteiger partial charge in [-0.15, -0.1) is 0 Å². The van der Waals surface area contributed by atoms with Crippen LogP contribution >= 0.6 is 0 Å². The molecule has 1 aliphatic rings. The second kappa shape index (κ2) is 3.29. The van der Waals surface area contributed by atoms with Crippen LogP contribution < -0.4 is 0 Å². The summed E-state index contributed by atoms with van der Waals surface area (Å²) in [6.07, 6.45) is 0. The van der Waals surface area contributed by atoms with E-state index in [1.165, 1.54) is 0 Å². The smallest absolute Gasteiger partial charge is 0.246 e. The average Bonchev–Trinajstić information content (AvgIpc) is 2.15. The monoisotopic (exact) mass is 276 g/mol. The highest BCUT2D eigenvalue weighted by Gasteiger charge is 2.86. The van der Waals surface area contributed by atoms with Crippen LogP contribution in [0.5, 0.6) is 0 Å². The van der Waals surface area contributed by atoms with Crippen molar-refractivity contribution in [2.75, 3.05) is 6.67 Å². The summed E-state index contributed by atoms with van der Waals surface area (Å²) >= 11 is 0. The van der Waals surface area contributed by atoms with Crippen LogP contribution in [0, 0.1) is 0 Å². The van der Waals surface area contributed by atoms with Crippen LogP contribution in [0.25, 0.3) is 0 Å². The third-order valence-electron chi connectivity index (χ3n) is 2.24. The van der Waals surface area contributed by atoms with Crippen LogP contribution in [0.4, 0.5) is 43.9 Å². The first-order valence-corrected chi connectivity index (χ1v) is 3.82. The van der Waals surface area contributed by atoms with Crippen molar-refractivity contribution < 1.29 is 43.9 Å². The molecule has 0 fully saturated rings. The summed E-state index contributed by atoms with van der Waals surface area (Å²) in [7, 11) is 0. The zero-order valence-corrected chi connectivity index (χ0v) is 7.49. The summed E-state index contributed by atoms with van der Waals surface area (Å²) in [5, 5.41) is 0. The number of halogens is 10. The fraction of sp³-hybridized carbons (Fsp3) is 0.714. The maximum atomic E-state index is 12.6. The maximum absolute atomic E-state index is 12.6. The molecule has 0 bridgehead atoms. The van der Waals surface area contributed by atoms with Gasteiger partial charge in [0.05, 0.1) is 5.57 Å². The van der Waals surface area contributed by atoms with E-state index >= 15 is 0 Å². The van der Waals surface area contributed by atoms with Gasteiger partial charge in [0.15, 0.2) is 5.83 Å². The zero-order valence-electron chi connectivity index (χ0n) is 7.49.